The minimum absolute atomic E-state index is 0.0675. The van der Waals surface area contributed by atoms with Crippen LogP contribution in [0, 0.1) is 0 Å². The van der Waals surface area contributed by atoms with E-state index < -0.39 is 11.9 Å². The molecule has 6 heteroatoms. The molecule has 0 aromatic carbocycles. The molecule has 1 aliphatic rings. The maximum Gasteiger partial charge on any atom is 0.433 e. The van der Waals surface area contributed by atoms with Gasteiger partial charge in [-0.3, -0.25) is 4.79 Å². The molecule has 1 aromatic rings. The molecule has 3 nitrogen and oxygen atoms in total. The normalized spacial score (nSPS) is 15.2. The number of amides is 1. The molecule has 0 unspecified atom stereocenters. The van der Waals surface area contributed by atoms with Crippen LogP contribution in [0.4, 0.5) is 13.2 Å². The summed E-state index contributed by atoms with van der Waals surface area (Å²) in [5.74, 6) is -0.374. The van der Waals surface area contributed by atoms with Crippen molar-refractivity contribution in [1.82, 2.24) is 10.3 Å². The van der Waals surface area contributed by atoms with Gasteiger partial charge in [-0.05, 0) is 12.1 Å². The number of hydrogen-bond acceptors (Lipinski definition) is 2. The third-order valence-corrected chi connectivity index (χ3v) is 1.93. The maximum atomic E-state index is 12.2. The van der Waals surface area contributed by atoms with Gasteiger partial charge in [0.25, 0.3) is 5.91 Å². The number of hydrogen-bond donors (Lipinski definition) is 1. The number of carbonyl (C=O) groups is 1. The van der Waals surface area contributed by atoms with Crippen molar-refractivity contribution in [2.75, 3.05) is 0 Å². The summed E-state index contributed by atoms with van der Waals surface area (Å²) in [6.45, 7) is 0.0675. The molecule has 0 saturated carbocycles. The summed E-state index contributed by atoms with van der Waals surface area (Å²) in [5.41, 5.74) is -0.587. The molecule has 14 heavy (non-hydrogen) atoms. The van der Waals surface area contributed by atoms with Gasteiger partial charge in [0, 0.05) is 0 Å². The lowest BCUT2D eigenvalue weighted by Crippen LogP contribution is -2.12. The maximum absolute atomic E-state index is 12.2. The molecule has 0 bridgehead atoms. The highest BCUT2D eigenvalue weighted by Gasteiger charge is 2.34. The van der Waals surface area contributed by atoms with Crippen molar-refractivity contribution in [1.29, 1.82) is 0 Å². The number of nitrogens with one attached hydrogen (secondary N) is 1. The summed E-state index contributed by atoms with van der Waals surface area (Å²) in [5, 5.41) is 2.39. The Morgan fingerprint density at radius 1 is 1.36 bits per heavy atom. The smallest absolute Gasteiger partial charge is 0.346 e. The predicted molar refractivity (Wildman–Crippen MR) is 40.4 cm³/mol. The van der Waals surface area contributed by atoms with Crippen molar-refractivity contribution in [2.45, 2.75) is 12.7 Å². The Morgan fingerprint density at radius 2 is 2.07 bits per heavy atom. The fraction of sp³-hybridized carbons (Fsp3) is 0.250. The van der Waals surface area contributed by atoms with Crippen molar-refractivity contribution in [3.63, 3.8) is 0 Å². The van der Waals surface area contributed by atoms with Crippen LogP contribution in [0.25, 0.3) is 0 Å². The van der Waals surface area contributed by atoms with Crippen LogP contribution in [0.3, 0.4) is 0 Å². The Labute approximate surface area is 76.9 Å². The van der Waals surface area contributed by atoms with Gasteiger partial charge in [0.1, 0.15) is 5.69 Å². The first-order valence-corrected chi connectivity index (χ1v) is 3.84. The number of carbonyl (C=O) groups excluding carboxylic acids is 1. The van der Waals surface area contributed by atoms with Gasteiger partial charge in [-0.1, -0.05) is 0 Å². The highest BCUT2D eigenvalue weighted by molar-refractivity contribution is 5.97. The number of fused-ring (bicyclic) bond motifs is 1. The van der Waals surface area contributed by atoms with Gasteiger partial charge in [-0.2, -0.15) is 13.2 Å². The third kappa shape index (κ3) is 1.32. The highest BCUT2D eigenvalue weighted by atomic mass is 19.4. The molecule has 0 radical (unpaired) electrons. The number of aromatic nitrogens is 1. The quantitative estimate of drug-likeness (QED) is 0.689. The Hall–Kier alpha value is -1.59. The molecule has 0 saturated heterocycles. The lowest BCUT2D eigenvalue weighted by molar-refractivity contribution is -0.141. The predicted octanol–water partition coefficient (Wildman–Crippen LogP) is 1.34. The van der Waals surface area contributed by atoms with Gasteiger partial charge in [0.2, 0.25) is 0 Å². The van der Waals surface area contributed by atoms with Gasteiger partial charge < -0.3 is 5.32 Å². The van der Waals surface area contributed by atoms with E-state index in [1.807, 2.05) is 0 Å². The first-order chi connectivity index (χ1) is 6.48. The minimum Gasteiger partial charge on any atom is -0.346 e. The van der Waals surface area contributed by atoms with Gasteiger partial charge in [-0.15, -0.1) is 0 Å². The SMILES string of the molecule is O=C1NCc2nc(C(F)(F)F)ccc21. The summed E-state index contributed by atoms with van der Waals surface area (Å²) < 4.78 is 36.6. The first kappa shape index (κ1) is 8.98. The second-order valence-electron chi connectivity index (χ2n) is 2.87. The van der Waals surface area contributed by atoms with E-state index in [0.717, 1.165) is 12.1 Å². The molecule has 2 heterocycles. The van der Waals surface area contributed by atoms with E-state index in [1.165, 1.54) is 0 Å². The largest absolute Gasteiger partial charge is 0.433 e. The highest BCUT2D eigenvalue weighted by Crippen LogP contribution is 2.28. The summed E-state index contributed by atoms with van der Waals surface area (Å²) in [6.07, 6.45) is -4.46. The van der Waals surface area contributed by atoms with Crippen molar-refractivity contribution < 1.29 is 18.0 Å². The minimum atomic E-state index is -4.46. The Bertz CT molecular complexity index is 400. The second kappa shape index (κ2) is 2.70. The zero-order chi connectivity index (χ0) is 10.3. The summed E-state index contributed by atoms with van der Waals surface area (Å²) in [6, 6.07) is 1.96. The summed E-state index contributed by atoms with van der Waals surface area (Å²) in [7, 11) is 0. The standard InChI is InChI=1S/C8H5F3N2O/c9-8(10,11)6-2-1-4-5(13-6)3-12-7(4)14/h1-2H,3H2,(H,12,14). The van der Waals surface area contributed by atoms with Gasteiger partial charge >= 0.3 is 6.18 Å². The number of nitrogens with zero attached hydrogens (tertiary/aromatic N) is 1. The van der Waals surface area contributed by atoms with Crippen LogP contribution in [-0.4, -0.2) is 10.9 Å². The lowest BCUT2D eigenvalue weighted by Gasteiger charge is -2.05. The number of rotatable bonds is 0. The van der Waals surface area contributed by atoms with Crippen molar-refractivity contribution in [2.24, 2.45) is 0 Å². The van der Waals surface area contributed by atoms with E-state index in [2.05, 4.69) is 10.3 Å². The fourth-order valence-corrected chi connectivity index (χ4v) is 1.26. The molecule has 0 atom stereocenters. The van der Waals surface area contributed by atoms with E-state index in [1.54, 1.807) is 0 Å². The first-order valence-electron chi connectivity index (χ1n) is 3.84. The Balaban J connectivity index is 2.47. The van der Waals surface area contributed by atoms with Gasteiger partial charge in [0.15, 0.2) is 0 Å². The zero-order valence-corrected chi connectivity index (χ0v) is 6.85. The molecular weight excluding hydrogens is 197 g/mol. The van der Waals surface area contributed by atoms with Gasteiger partial charge in [-0.25, -0.2) is 4.98 Å². The van der Waals surface area contributed by atoms with Crippen LogP contribution in [0.5, 0.6) is 0 Å². The number of halogens is 3. The van der Waals surface area contributed by atoms with E-state index in [4.69, 9.17) is 0 Å². The number of pyridine rings is 1. The topological polar surface area (TPSA) is 42.0 Å². The molecule has 0 fully saturated rings. The third-order valence-electron chi connectivity index (χ3n) is 1.93. The van der Waals surface area contributed by atoms with E-state index in [-0.39, 0.29) is 23.7 Å². The van der Waals surface area contributed by atoms with Crippen LogP contribution in [0.15, 0.2) is 12.1 Å². The molecular formula is C8H5F3N2O. The second-order valence-corrected chi connectivity index (χ2v) is 2.87. The average molecular weight is 202 g/mol. The Kier molecular flexibility index (Phi) is 1.73. The molecule has 1 aromatic heterocycles. The molecule has 0 spiro atoms. The molecule has 1 amide bonds. The van der Waals surface area contributed by atoms with Crippen LogP contribution in [0.2, 0.25) is 0 Å². The van der Waals surface area contributed by atoms with Crippen LogP contribution >= 0.6 is 0 Å². The molecule has 1 aliphatic heterocycles. The van der Waals surface area contributed by atoms with Crippen LogP contribution < -0.4 is 5.32 Å². The fourth-order valence-electron chi connectivity index (χ4n) is 1.26. The van der Waals surface area contributed by atoms with E-state index in [9.17, 15) is 18.0 Å². The van der Waals surface area contributed by atoms with Crippen LogP contribution in [0.1, 0.15) is 21.7 Å². The van der Waals surface area contributed by atoms with Crippen molar-refractivity contribution in [3.05, 3.63) is 29.1 Å². The molecule has 0 aliphatic carbocycles. The lowest BCUT2D eigenvalue weighted by atomic mass is 10.2. The molecule has 74 valence electrons. The molecule has 1 N–H and O–H groups in total. The summed E-state index contributed by atoms with van der Waals surface area (Å²) in [4.78, 5) is 14.4. The van der Waals surface area contributed by atoms with Crippen molar-refractivity contribution in [3.8, 4) is 0 Å². The van der Waals surface area contributed by atoms with Gasteiger partial charge in [0.05, 0.1) is 17.8 Å². The molecule has 2 rings (SSSR count). The zero-order valence-electron chi connectivity index (χ0n) is 6.85. The monoisotopic (exact) mass is 202 g/mol. The van der Waals surface area contributed by atoms with E-state index in [0.29, 0.717) is 0 Å². The number of alkyl halides is 3. The average Bonchev–Trinajstić information content (AvgIpc) is 2.46. The van der Waals surface area contributed by atoms with Crippen molar-refractivity contribution >= 4 is 5.91 Å². The van der Waals surface area contributed by atoms with Crippen LogP contribution in [-0.2, 0) is 12.7 Å². The Morgan fingerprint density at radius 3 is 2.71 bits per heavy atom. The summed E-state index contributed by atoms with van der Waals surface area (Å²) >= 11 is 0. The van der Waals surface area contributed by atoms with E-state index >= 15 is 0 Å².